The molecule has 1 heterocycles. The van der Waals surface area contributed by atoms with Crippen LogP contribution in [0.15, 0.2) is 18.2 Å². The Morgan fingerprint density at radius 2 is 1.61 bits per heavy atom. The molecule has 2 amide bonds. The van der Waals surface area contributed by atoms with E-state index in [1.807, 2.05) is 20.8 Å². The number of rotatable bonds is 1. The van der Waals surface area contributed by atoms with Crippen LogP contribution in [0, 0.1) is 0 Å². The van der Waals surface area contributed by atoms with Crippen molar-refractivity contribution in [3.63, 3.8) is 0 Å². The molecule has 7 heteroatoms. The summed E-state index contributed by atoms with van der Waals surface area (Å²) >= 11 is 0. The summed E-state index contributed by atoms with van der Waals surface area (Å²) in [7, 11) is 0. The van der Waals surface area contributed by atoms with Crippen LogP contribution in [0.3, 0.4) is 0 Å². The van der Waals surface area contributed by atoms with Crippen LogP contribution in [0.1, 0.15) is 31.1 Å². The zero-order valence-electron chi connectivity index (χ0n) is 13.8. The summed E-state index contributed by atoms with van der Waals surface area (Å²) in [6, 6.07) is 4.86. The van der Waals surface area contributed by atoms with Crippen molar-refractivity contribution in [2.24, 2.45) is 0 Å². The highest BCUT2D eigenvalue weighted by Gasteiger charge is 2.28. The Balaban J connectivity index is 1.96. The fraction of sp³-hybridized carbons (Fsp3) is 0.500. The summed E-state index contributed by atoms with van der Waals surface area (Å²) in [6.45, 7) is 7.26. The van der Waals surface area contributed by atoms with Crippen LogP contribution in [-0.2, 0) is 4.74 Å². The Morgan fingerprint density at radius 1 is 1.04 bits per heavy atom. The molecule has 1 aromatic rings. The zero-order chi connectivity index (χ0) is 17.2. The van der Waals surface area contributed by atoms with E-state index in [-0.39, 0.29) is 12.0 Å². The van der Waals surface area contributed by atoms with Crippen LogP contribution < -0.4 is 11.5 Å². The summed E-state index contributed by atoms with van der Waals surface area (Å²) in [6.07, 6.45) is -0.350. The standard InChI is InChI=1S/C16H24N4O3/c1-16(2,3)23-15(22)20-8-6-19(7-9-20)14(21)12-5-4-11(17)10-13(12)18/h4-5,10H,6-9,17-18H2,1-3H3. The van der Waals surface area contributed by atoms with E-state index in [1.54, 1.807) is 28.0 Å². The zero-order valence-corrected chi connectivity index (χ0v) is 13.8. The van der Waals surface area contributed by atoms with Crippen LogP contribution in [0.4, 0.5) is 16.2 Å². The van der Waals surface area contributed by atoms with Crippen molar-refractivity contribution in [1.29, 1.82) is 0 Å². The van der Waals surface area contributed by atoms with Crippen molar-refractivity contribution in [2.45, 2.75) is 26.4 Å². The van der Waals surface area contributed by atoms with E-state index in [4.69, 9.17) is 16.2 Å². The quantitative estimate of drug-likeness (QED) is 0.764. The molecule has 23 heavy (non-hydrogen) atoms. The minimum Gasteiger partial charge on any atom is -0.444 e. The monoisotopic (exact) mass is 320 g/mol. The molecule has 0 radical (unpaired) electrons. The van der Waals surface area contributed by atoms with Crippen molar-refractivity contribution in [1.82, 2.24) is 9.80 Å². The molecule has 2 rings (SSSR count). The molecular formula is C16H24N4O3. The number of amides is 2. The van der Waals surface area contributed by atoms with Gasteiger partial charge in [-0.1, -0.05) is 0 Å². The lowest BCUT2D eigenvalue weighted by atomic mass is 10.1. The molecule has 0 aliphatic carbocycles. The van der Waals surface area contributed by atoms with Gasteiger partial charge < -0.3 is 26.0 Å². The van der Waals surface area contributed by atoms with Gasteiger partial charge in [-0.05, 0) is 39.0 Å². The Morgan fingerprint density at radius 3 is 2.13 bits per heavy atom. The molecule has 0 aromatic heterocycles. The van der Waals surface area contributed by atoms with Crippen LogP contribution in [0.25, 0.3) is 0 Å². The molecule has 0 atom stereocenters. The lowest BCUT2D eigenvalue weighted by molar-refractivity contribution is 0.0141. The third-order valence-electron chi connectivity index (χ3n) is 3.52. The third kappa shape index (κ3) is 4.28. The first-order chi connectivity index (χ1) is 10.7. The maximum absolute atomic E-state index is 12.5. The van der Waals surface area contributed by atoms with Gasteiger partial charge in [-0.15, -0.1) is 0 Å². The van der Waals surface area contributed by atoms with Gasteiger partial charge in [-0.3, -0.25) is 4.79 Å². The van der Waals surface area contributed by atoms with Crippen LogP contribution in [-0.4, -0.2) is 53.6 Å². The van der Waals surface area contributed by atoms with Crippen molar-refractivity contribution >= 4 is 23.4 Å². The highest BCUT2D eigenvalue weighted by atomic mass is 16.6. The molecule has 1 aromatic carbocycles. The predicted octanol–water partition coefficient (Wildman–Crippen LogP) is 1.54. The number of carbonyl (C=O) groups excluding carboxylic acids is 2. The molecule has 0 saturated carbocycles. The fourth-order valence-corrected chi connectivity index (χ4v) is 2.36. The van der Waals surface area contributed by atoms with Crippen LogP contribution in [0.5, 0.6) is 0 Å². The third-order valence-corrected chi connectivity index (χ3v) is 3.52. The van der Waals surface area contributed by atoms with E-state index in [0.29, 0.717) is 43.1 Å². The number of anilines is 2. The smallest absolute Gasteiger partial charge is 0.410 e. The molecule has 1 aliphatic rings. The van der Waals surface area contributed by atoms with Gasteiger partial charge in [-0.2, -0.15) is 0 Å². The van der Waals surface area contributed by atoms with Gasteiger partial charge in [0.05, 0.1) is 5.56 Å². The molecular weight excluding hydrogens is 296 g/mol. The maximum Gasteiger partial charge on any atom is 0.410 e. The first-order valence-corrected chi connectivity index (χ1v) is 7.59. The van der Waals surface area contributed by atoms with E-state index < -0.39 is 5.60 Å². The molecule has 0 bridgehead atoms. The highest BCUT2D eigenvalue weighted by molar-refractivity contribution is 5.99. The molecule has 1 fully saturated rings. The second-order valence-electron chi connectivity index (χ2n) is 6.61. The number of hydrogen-bond acceptors (Lipinski definition) is 5. The summed E-state index contributed by atoms with van der Waals surface area (Å²) in [5.74, 6) is -0.147. The van der Waals surface area contributed by atoms with E-state index in [2.05, 4.69) is 0 Å². The van der Waals surface area contributed by atoms with Crippen molar-refractivity contribution in [3.05, 3.63) is 23.8 Å². The van der Waals surface area contributed by atoms with E-state index in [9.17, 15) is 9.59 Å². The highest BCUT2D eigenvalue weighted by Crippen LogP contribution is 2.19. The topological polar surface area (TPSA) is 102 Å². The second kappa shape index (κ2) is 6.36. The molecule has 126 valence electrons. The Kier molecular flexibility index (Phi) is 4.68. The summed E-state index contributed by atoms with van der Waals surface area (Å²) in [5, 5.41) is 0. The van der Waals surface area contributed by atoms with E-state index in [0.717, 1.165) is 0 Å². The lowest BCUT2D eigenvalue weighted by Crippen LogP contribution is -2.51. The minimum atomic E-state index is -0.525. The first kappa shape index (κ1) is 16.9. The number of benzene rings is 1. The number of nitrogens with zero attached hydrogens (tertiary/aromatic N) is 2. The fourth-order valence-electron chi connectivity index (χ4n) is 2.36. The molecule has 1 aliphatic heterocycles. The van der Waals surface area contributed by atoms with Gasteiger partial charge in [0.2, 0.25) is 0 Å². The van der Waals surface area contributed by atoms with Gasteiger partial charge in [0.15, 0.2) is 0 Å². The second-order valence-corrected chi connectivity index (χ2v) is 6.61. The van der Waals surface area contributed by atoms with Gasteiger partial charge in [0.25, 0.3) is 5.91 Å². The van der Waals surface area contributed by atoms with E-state index >= 15 is 0 Å². The molecule has 0 unspecified atom stereocenters. The first-order valence-electron chi connectivity index (χ1n) is 7.59. The number of carbonyl (C=O) groups is 2. The van der Waals surface area contributed by atoms with Gasteiger partial charge in [0.1, 0.15) is 5.60 Å². The van der Waals surface area contributed by atoms with Crippen LogP contribution >= 0.6 is 0 Å². The number of nitrogens with two attached hydrogens (primary N) is 2. The maximum atomic E-state index is 12.5. The van der Waals surface area contributed by atoms with Gasteiger partial charge >= 0.3 is 6.09 Å². The number of nitrogen functional groups attached to an aromatic ring is 2. The lowest BCUT2D eigenvalue weighted by Gasteiger charge is -2.35. The SMILES string of the molecule is CC(C)(C)OC(=O)N1CCN(C(=O)c2ccc(N)cc2N)CC1. The largest absolute Gasteiger partial charge is 0.444 e. The summed E-state index contributed by atoms with van der Waals surface area (Å²) in [4.78, 5) is 27.8. The molecule has 4 N–H and O–H groups in total. The Hall–Kier alpha value is -2.44. The average Bonchev–Trinajstić information content (AvgIpc) is 2.45. The van der Waals surface area contributed by atoms with E-state index in [1.165, 1.54) is 0 Å². The number of ether oxygens (including phenoxy) is 1. The van der Waals surface area contributed by atoms with Gasteiger partial charge in [-0.25, -0.2) is 4.79 Å². The summed E-state index contributed by atoms with van der Waals surface area (Å²) in [5.41, 5.74) is 12.3. The molecule has 1 saturated heterocycles. The molecule has 7 nitrogen and oxygen atoms in total. The number of hydrogen-bond donors (Lipinski definition) is 2. The predicted molar refractivity (Wildman–Crippen MR) is 89.0 cm³/mol. The average molecular weight is 320 g/mol. The Labute approximate surface area is 136 Å². The minimum absolute atomic E-state index is 0.147. The van der Waals surface area contributed by atoms with Crippen molar-refractivity contribution < 1.29 is 14.3 Å². The van der Waals surface area contributed by atoms with Crippen molar-refractivity contribution in [3.8, 4) is 0 Å². The van der Waals surface area contributed by atoms with Crippen molar-refractivity contribution in [2.75, 3.05) is 37.6 Å². The summed E-state index contributed by atoms with van der Waals surface area (Å²) < 4.78 is 5.34. The van der Waals surface area contributed by atoms with Crippen LogP contribution in [0.2, 0.25) is 0 Å². The molecule has 0 spiro atoms. The Bertz CT molecular complexity index is 602. The number of piperazine rings is 1. The normalized spacial score (nSPS) is 15.4. The van der Waals surface area contributed by atoms with Gasteiger partial charge in [0, 0.05) is 37.6 Å².